The van der Waals surface area contributed by atoms with Crippen LogP contribution < -0.4 is 5.73 Å². The van der Waals surface area contributed by atoms with Gasteiger partial charge in [0.2, 0.25) is 0 Å². The second kappa shape index (κ2) is 13.7. The van der Waals surface area contributed by atoms with Crippen LogP contribution in [0.25, 0.3) is 0 Å². The predicted molar refractivity (Wildman–Crippen MR) is 134 cm³/mol. The first-order chi connectivity index (χ1) is 15.6. The summed E-state index contributed by atoms with van der Waals surface area (Å²) in [6.07, 6.45) is 5.13. The number of unbranched alkanes of at least 4 members (excludes halogenated alkanes) is 1. The van der Waals surface area contributed by atoms with Crippen molar-refractivity contribution >= 4 is 24.7 Å². The number of halogens is 1. The minimum atomic E-state index is -1.34. The molecule has 1 aliphatic heterocycles. The maximum absolute atomic E-state index is 11.7. The fraction of sp³-hybridized carbons (Fsp3) is 0.708. The zero-order chi connectivity index (χ0) is 24.4. The molecule has 0 radical (unpaired) electrons. The molecule has 0 bridgehead atoms. The molecule has 33 heavy (non-hydrogen) atoms. The number of hydrogen-bond donors (Lipinski definition) is 4. The first kappa shape index (κ1) is 28.1. The zero-order valence-corrected chi connectivity index (χ0v) is 20.9. The Bertz CT molecular complexity index is 746. The first-order valence-electron chi connectivity index (χ1n) is 12.2. The molecule has 1 aromatic carbocycles. The first-order valence-corrected chi connectivity index (χ1v) is 12.6. The van der Waals surface area contributed by atoms with E-state index in [0.717, 1.165) is 62.6 Å². The molecule has 5 N–H and O–H groups in total. The Labute approximate surface area is 204 Å². The molecule has 1 fully saturated rings. The van der Waals surface area contributed by atoms with E-state index >= 15 is 0 Å². The highest BCUT2D eigenvalue weighted by Gasteiger charge is 2.33. The van der Waals surface area contributed by atoms with Crippen molar-refractivity contribution in [1.82, 2.24) is 9.80 Å². The van der Waals surface area contributed by atoms with Gasteiger partial charge in [-0.1, -0.05) is 43.5 Å². The van der Waals surface area contributed by atoms with E-state index < -0.39 is 18.6 Å². The molecule has 1 aliphatic rings. The molecule has 0 spiro atoms. The Morgan fingerprint density at radius 1 is 1.24 bits per heavy atom. The highest BCUT2D eigenvalue weighted by molar-refractivity contribution is 6.40. The molecule has 2 rings (SSSR count). The molecular formula is C24H41BClN3O4. The van der Waals surface area contributed by atoms with Gasteiger partial charge in [-0.25, -0.2) is 0 Å². The number of carboxylic acid groups (broad SMARTS) is 1. The number of carbonyl (C=O) groups is 1. The van der Waals surface area contributed by atoms with Crippen molar-refractivity contribution in [2.45, 2.75) is 83.2 Å². The second-order valence-electron chi connectivity index (χ2n) is 9.51. The molecule has 1 aromatic rings. The predicted octanol–water partition coefficient (Wildman–Crippen LogP) is 3.14. The van der Waals surface area contributed by atoms with Crippen molar-refractivity contribution in [2.75, 3.05) is 26.2 Å². The summed E-state index contributed by atoms with van der Waals surface area (Å²) in [6.45, 7) is 9.08. The van der Waals surface area contributed by atoms with Crippen molar-refractivity contribution in [2.24, 2.45) is 5.73 Å². The van der Waals surface area contributed by atoms with Gasteiger partial charge >= 0.3 is 13.1 Å². The molecule has 0 aromatic heterocycles. The molecule has 0 saturated carbocycles. The molecular weight excluding hydrogens is 441 g/mol. The summed E-state index contributed by atoms with van der Waals surface area (Å²) in [6, 6.07) is 6.82. The number of nitrogens with two attached hydrogens (primary N) is 1. The Balaban J connectivity index is 1.75. The molecule has 0 aliphatic carbocycles. The largest absolute Gasteiger partial charge is 0.480 e. The van der Waals surface area contributed by atoms with E-state index in [1.54, 1.807) is 0 Å². The van der Waals surface area contributed by atoms with Crippen molar-refractivity contribution in [3.63, 3.8) is 0 Å². The van der Waals surface area contributed by atoms with Crippen LogP contribution in [0.1, 0.15) is 63.0 Å². The van der Waals surface area contributed by atoms with E-state index in [-0.39, 0.29) is 6.32 Å². The standard InChI is InChI=1S/C24H41BClN3O4/c1-3-29(18-20-7-8-22(26)19(2)17-20)21-9-15-28(16-10-21)14-6-12-24(27,23(30)31)11-4-5-13-25(32)33/h7-8,17,21,32-33H,3-6,9-16,18,27H2,1-2H3,(H,30,31). The summed E-state index contributed by atoms with van der Waals surface area (Å²) in [5.41, 5.74) is 7.36. The smallest absolute Gasteiger partial charge is 0.451 e. The number of likely N-dealkylation sites (tertiary alicyclic amines) is 1. The van der Waals surface area contributed by atoms with Crippen molar-refractivity contribution < 1.29 is 19.9 Å². The van der Waals surface area contributed by atoms with Gasteiger partial charge in [0.25, 0.3) is 0 Å². The third-order valence-corrected chi connectivity index (χ3v) is 7.37. The summed E-state index contributed by atoms with van der Waals surface area (Å²) in [5, 5.41) is 28.3. The SMILES string of the molecule is CCN(Cc1ccc(Cl)c(C)c1)C1CCN(CCCC(N)(CCCCB(O)O)C(=O)O)CC1. The average molecular weight is 482 g/mol. The van der Waals surface area contributed by atoms with Crippen LogP contribution in [0.3, 0.4) is 0 Å². The van der Waals surface area contributed by atoms with Crippen LogP contribution in [0.2, 0.25) is 11.3 Å². The van der Waals surface area contributed by atoms with Gasteiger partial charge in [-0.15, -0.1) is 0 Å². The minimum absolute atomic E-state index is 0.247. The third kappa shape index (κ3) is 9.19. The lowest BCUT2D eigenvalue weighted by Crippen LogP contribution is -2.49. The third-order valence-electron chi connectivity index (χ3n) is 6.95. The topological polar surface area (TPSA) is 110 Å². The van der Waals surface area contributed by atoms with E-state index in [4.69, 9.17) is 27.4 Å². The second-order valence-corrected chi connectivity index (χ2v) is 9.92. The number of aliphatic carboxylic acids is 1. The normalized spacial score (nSPS) is 17.3. The van der Waals surface area contributed by atoms with Crippen LogP contribution in [0.5, 0.6) is 0 Å². The Kier molecular flexibility index (Phi) is 11.6. The molecule has 9 heteroatoms. The van der Waals surface area contributed by atoms with E-state index in [1.807, 2.05) is 13.0 Å². The van der Waals surface area contributed by atoms with Gasteiger partial charge in [0.1, 0.15) is 5.54 Å². The number of nitrogens with zero attached hydrogens (tertiary/aromatic N) is 2. The molecule has 186 valence electrons. The van der Waals surface area contributed by atoms with Gasteiger partial charge in [0.05, 0.1) is 0 Å². The van der Waals surface area contributed by atoms with Crippen molar-refractivity contribution in [1.29, 1.82) is 0 Å². The van der Waals surface area contributed by atoms with Crippen LogP contribution in [-0.2, 0) is 11.3 Å². The lowest BCUT2D eigenvalue weighted by atomic mass is 9.81. The van der Waals surface area contributed by atoms with Gasteiger partial charge in [0.15, 0.2) is 0 Å². The van der Waals surface area contributed by atoms with Crippen molar-refractivity contribution in [3.05, 3.63) is 34.3 Å². The zero-order valence-electron chi connectivity index (χ0n) is 20.2. The number of benzene rings is 1. The average Bonchev–Trinajstić information content (AvgIpc) is 2.78. The Morgan fingerprint density at radius 2 is 1.91 bits per heavy atom. The lowest BCUT2D eigenvalue weighted by Gasteiger charge is -2.38. The monoisotopic (exact) mass is 481 g/mol. The van der Waals surface area contributed by atoms with E-state index in [9.17, 15) is 9.90 Å². The van der Waals surface area contributed by atoms with Gasteiger partial charge in [0, 0.05) is 17.6 Å². The summed E-state index contributed by atoms with van der Waals surface area (Å²) in [4.78, 5) is 16.7. The van der Waals surface area contributed by atoms with Crippen LogP contribution in [0.4, 0.5) is 0 Å². The number of hydrogen-bond acceptors (Lipinski definition) is 6. The molecule has 1 atom stereocenters. The number of carboxylic acids is 1. The summed E-state index contributed by atoms with van der Waals surface area (Å²) in [7, 11) is -1.34. The van der Waals surface area contributed by atoms with Gasteiger partial charge < -0.3 is 25.8 Å². The fourth-order valence-corrected chi connectivity index (χ4v) is 4.89. The molecule has 1 saturated heterocycles. The maximum Gasteiger partial charge on any atom is 0.451 e. The van der Waals surface area contributed by atoms with Gasteiger partial charge in [-0.3, -0.25) is 9.69 Å². The van der Waals surface area contributed by atoms with E-state index in [1.165, 1.54) is 5.56 Å². The molecule has 7 nitrogen and oxygen atoms in total. The van der Waals surface area contributed by atoms with Crippen molar-refractivity contribution in [3.8, 4) is 0 Å². The summed E-state index contributed by atoms with van der Waals surface area (Å²) < 4.78 is 0. The molecule has 1 unspecified atom stereocenters. The highest BCUT2D eigenvalue weighted by atomic mass is 35.5. The fourth-order valence-electron chi connectivity index (χ4n) is 4.77. The summed E-state index contributed by atoms with van der Waals surface area (Å²) >= 11 is 6.17. The molecule has 1 heterocycles. The Morgan fingerprint density at radius 3 is 2.48 bits per heavy atom. The van der Waals surface area contributed by atoms with Crippen LogP contribution in [-0.4, -0.2) is 75.8 Å². The van der Waals surface area contributed by atoms with Crippen LogP contribution >= 0.6 is 11.6 Å². The lowest BCUT2D eigenvalue weighted by molar-refractivity contribution is -0.144. The van der Waals surface area contributed by atoms with Gasteiger partial charge in [-0.2, -0.15) is 0 Å². The number of rotatable bonds is 14. The maximum atomic E-state index is 11.7. The van der Waals surface area contributed by atoms with Crippen LogP contribution in [0.15, 0.2) is 18.2 Å². The quantitative estimate of drug-likeness (QED) is 0.239. The van der Waals surface area contributed by atoms with Gasteiger partial charge in [-0.05, 0) is 88.7 Å². The van der Waals surface area contributed by atoms with E-state index in [0.29, 0.717) is 31.7 Å². The van der Waals surface area contributed by atoms with Crippen LogP contribution in [0, 0.1) is 6.92 Å². The van der Waals surface area contributed by atoms with E-state index in [2.05, 4.69) is 28.9 Å². The minimum Gasteiger partial charge on any atom is -0.480 e. The highest BCUT2D eigenvalue weighted by Crippen LogP contribution is 2.23. The molecule has 0 amide bonds. The summed E-state index contributed by atoms with van der Waals surface area (Å²) in [5.74, 6) is -0.971. The number of piperidine rings is 1. The Hall–Kier alpha value is -1.16. The number of aryl methyl sites for hydroxylation is 1.